The first-order chi connectivity index (χ1) is 9.15. The highest BCUT2D eigenvalue weighted by atomic mass is 19.1. The van der Waals surface area contributed by atoms with E-state index in [1.165, 1.54) is 6.07 Å². The lowest BCUT2D eigenvalue weighted by Gasteiger charge is -2.13. The van der Waals surface area contributed by atoms with Crippen molar-refractivity contribution in [2.45, 2.75) is 19.8 Å². The van der Waals surface area contributed by atoms with Gasteiger partial charge < -0.3 is 10.0 Å². The van der Waals surface area contributed by atoms with Gasteiger partial charge in [0.25, 0.3) is 0 Å². The first-order valence-corrected chi connectivity index (χ1v) is 6.38. The Labute approximate surface area is 112 Å². The predicted octanol–water partition coefficient (Wildman–Crippen LogP) is 2.12. The molecule has 0 saturated heterocycles. The van der Waals surface area contributed by atoms with Crippen LogP contribution in [-0.2, 0) is 6.42 Å². The van der Waals surface area contributed by atoms with Crippen molar-refractivity contribution in [3.05, 3.63) is 53.8 Å². The summed E-state index contributed by atoms with van der Waals surface area (Å²) in [5.74, 6) is -0.549. The van der Waals surface area contributed by atoms with Crippen molar-refractivity contribution in [3.63, 3.8) is 0 Å². The van der Waals surface area contributed by atoms with Gasteiger partial charge in [-0.25, -0.2) is 4.39 Å². The molecule has 0 aliphatic heterocycles. The van der Waals surface area contributed by atoms with E-state index in [1.54, 1.807) is 6.07 Å². The molecular formula is C15H16BFO2. The largest absolute Gasteiger partial charge is 0.491 e. The molecule has 0 bridgehead atoms. The van der Waals surface area contributed by atoms with Crippen molar-refractivity contribution in [1.29, 1.82) is 0 Å². The molecule has 0 aliphatic carbocycles. The molecule has 2 N–H and O–H groups in total. The molecule has 0 spiro atoms. The Morgan fingerprint density at radius 2 is 1.74 bits per heavy atom. The van der Waals surface area contributed by atoms with Crippen LogP contribution in [0.3, 0.4) is 0 Å². The summed E-state index contributed by atoms with van der Waals surface area (Å²) in [5.41, 5.74) is 2.02. The Hall–Kier alpha value is -1.65. The van der Waals surface area contributed by atoms with Crippen LogP contribution >= 0.6 is 0 Å². The van der Waals surface area contributed by atoms with E-state index in [9.17, 15) is 14.4 Å². The summed E-state index contributed by atoms with van der Waals surface area (Å²) in [4.78, 5) is 0. The number of hydrogen-bond donors (Lipinski definition) is 2. The van der Waals surface area contributed by atoms with Crippen LogP contribution in [0.1, 0.15) is 18.9 Å². The lowest BCUT2D eigenvalue weighted by Crippen LogP contribution is -2.33. The Balaban J connectivity index is 2.63. The van der Waals surface area contributed by atoms with Gasteiger partial charge in [-0.3, -0.25) is 0 Å². The van der Waals surface area contributed by atoms with Gasteiger partial charge in [0.2, 0.25) is 0 Å². The van der Waals surface area contributed by atoms with E-state index in [1.807, 2.05) is 37.3 Å². The normalized spacial score (nSPS) is 10.5. The zero-order valence-corrected chi connectivity index (χ0v) is 10.8. The molecule has 0 unspecified atom stereocenters. The van der Waals surface area contributed by atoms with Crippen LogP contribution in [-0.4, -0.2) is 17.2 Å². The molecule has 0 aliphatic rings. The average Bonchev–Trinajstić information content (AvgIpc) is 2.40. The van der Waals surface area contributed by atoms with Crippen LogP contribution in [0.25, 0.3) is 11.1 Å². The van der Waals surface area contributed by atoms with Crippen molar-refractivity contribution in [2.75, 3.05) is 0 Å². The van der Waals surface area contributed by atoms with E-state index in [-0.39, 0.29) is 5.46 Å². The second-order valence-electron chi connectivity index (χ2n) is 4.49. The third-order valence-corrected chi connectivity index (χ3v) is 3.12. The molecular weight excluding hydrogens is 242 g/mol. The quantitative estimate of drug-likeness (QED) is 0.825. The molecule has 0 atom stereocenters. The summed E-state index contributed by atoms with van der Waals surface area (Å²) in [7, 11) is -1.79. The lowest BCUT2D eigenvalue weighted by molar-refractivity contribution is 0.423. The van der Waals surface area contributed by atoms with Gasteiger partial charge in [-0.2, -0.15) is 0 Å². The summed E-state index contributed by atoms with van der Waals surface area (Å²) < 4.78 is 14.5. The minimum absolute atomic E-state index is 0.0845. The minimum Gasteiger partial charge on any atom is -0.423 e. The third kappa shape index (κ3) is 2.86. The van der Waals surface area contributed by atoms with E-state index < -0.39 is 12.9 Å². The van der Waals surface area contributed by atoms with Crippen LogP contribution in [0.5, 0.6) is 0 Å². The van der Waals surface area contributed by atoms with Crippen LogP contribution < -0.4 is 5.46 Å². The fourth-order valence-electron chi connectivity index (χ4n) is 2.23. The maximum atomic E-state index is 14.5. The minimum atomic E-state index is -1.79. The number of aryl methyl sites for hydroxylation is 1. The summed E-state index contributed by atoms with van der Waals surface area (Å²) >= 11 is 0. The third-order valence-electron chi connectivity index (χ3n) is 3.12. The summed E-state index contributed by atoms with van der Waals surface area (Å²) in [6.07, 6.45) is 1.66. The van der Waals surface area contributed by atoms with Gasteiger partial charge >= 0.3 is 7.12 Å². The van der Waals surface area contributed by atoms with E-state index >= 15 is 0 Å². The fraction of sp³-hybridized carbons (Fsp3) is 0.200. The lowest BCUT2D eigenvalue weighted by atomic mass is 9.77. The molecule has 19 heavy (non-hydrogen) atoms. The highest BCUT2D eigenvalue weighted by Gasteiger charge is 2.21. The maximum absolute atomic E-state index is 14.5. The molecule has 2 aromatic carbocycles. The molecule has 0 amide bonds. The van der Waals surface area contributed by atoms with Gasteiger partial charge in [-0.05, 0) is 17.5 Å². The number of hydrogen-bond acceptors (Lipinski definition) is 2. The topological polar surface area (TPSA) is 40.5 Å². The standard InChI is InChI=1S/C15H16BFO2/c1-2-6-11-9-10-13(16(18)19)15(17)14(11)12-7-4-3-5-8-12/h3-5,7-10,18-19H,2,6H2,1H3. The van der Waals surface area contributed by atoms with Gasteiger partial charge in [0.05, 0.1) is 0 Å². The first kappa shape index (κ1) is 13.8. The molecule has 0 radical (unpaired) electrons. The van der Waals surface area contributed by atoms with Crippen molar-refractivity contribution in [1.82, 2.24) is 0 Å². The Morgan fingerprint density at radius 1 is 1.05 bits per heavy atom. The molecule has 2 aromatic rings. The second-order valence-corrected chi connectivity index (χ2v) is 4.49. The first-order valence-electron chi connectivity index (χ1n) is 6.38. The maximum Gasteiger partial charge on any atom is 0.491 e. The van der Waals surface area contributed by atoms with Crippen LogP contribution in [0.4, 0.5) is 4.39 Å². The van der Waals surface area contributed by atoms with E-state index in [0.717, 1.165) is 24.0 Å². The molecule has 2 nitrogen and oxygen atoms in total. The molecule has 0 heterocycles. The van der Waals surface area contributed by atoms with Crippen LogP contribution in [0, 0.1) is 5.82 Å². The summed E-state index contributed by atoms with van der Waals surface area (Å²) in [5, 5.41) is 18.4. The predicted molar refractivity (Wildman–Crippen MR) is 75.7 cm³/mol. The van der Waals surface area contributed by atoms with Gasteiger partial charge in [0.1, 0.15) is 5.82 Å². The highest BCUT2D eigenvalue weighted by Crippen LogP contribution is 2.27. The molecule has 2 rings (SSSR count). The molecule has 0 fully saturated rings. The average molecular weight is 258 g/mol. The van der Waals surface area contributed by atoms with Crippen LogP contribution in [0.2, 0.25) is 0 Å². The van der Waals surface area contributed by atoms with E-state index in [4.69, 9.17) is 0 Å². The SMILES string of the molecule is CCCc1ccc(B(O)O)c(F)c1-c1ccccc1. The molecule has 4 heteroatoms. The highest BCUT2D eigenvalue weighted by molar-refractivity contribution is 6.58. The number of rotatable bonds is 4. The number of benzene rings is 2. The van der Waals surface area contributed by atoms with E-state index in [2.05, 4.69) is 0 Å². The molecule has 0 saturated carbocycles. The van der Waals surface area contributed by atoms with Gasteiger partial charge in [0.15, 0.2) is 0 Å². The Kier molecular flexibility index (Phi) is 4.35. The smallest absolute Gasteiger partial charge is 0.423 e. The number of halogens is 1. The zero-order chi connectivity index (χ0) is 13.8. The second kappa shape index (κ2) is 6.00. The molecule has 0 aromatic heterocycles. The monoisotopic (exact) mass is 258 g/mol. The Morgan fingerprint density at radius 3 is 2.32 bits per heavy atom. The van der Waals surface area contributed by atoms with Gasteiger partial charge in [-0.1, -0.05) is 55.8 Å². The fourth-order valence-corrected chi connectivity index (χ4v) is 2.23. The Bertz CT molecular complexity index is 556. The van der Waals surface area contributed by atoms with Crippen LogP contribution in [0.15, 0.2) is 42.5 Å². The van der Waals surface area contributed by atoms with Crippen molar-refractivity contribution in [3.8, 4) is 11.1 Å². The summed E-state index contributed by atoms with van der Waals surface area (Å²) in [6, 6.07) is 12.4. The van der Waals surface area contributed by atoms with Crippen molar-refractivity contribution < 1.29 is 14.4 Å². The van der Waals surface area contributed by atoms with Crippen molar-refractivity contribution in [2.24, 2.45) is 0 Å². The van der Waals surface area contributed by atoms with E-state index in [0.29, 0.717) is 5.56 Å². The van der Waals surface area contributed by atoms with Gasteiger partial charge in [0, 0.05) is 11.0 Å². The van der Waals surface area contributed by atoms with Crippen molar-refractivity contribution >= 4 is 12.6 Å². The zero-order valence-electron chi connectivity index (χ0n) is 10.8. The van der Waals surface area contributed by atoms with Gasteiger partial charge in [-0.15, -0.1) is 0 Å². The summed E-state index contributed by atoms with van der Waals surface area (Å²) in [6.45, 7) is 2.03. The molecule has 98 valence electrons.